The standard InChI is InChI=1S/C25H32N2O5/c1-29-16-15-27(25(28)20-5-8-23-24(17-20)32-18-31-23)21-10-13-26(14-11-21)12-9-19-3-6-22(30-2)7-4-19/h3-8,17,21H,9-16,18H2,1-2H3. The van der Waals surface area contributed by atoms with Crippen LogP contribution in [-0.4, -0.2) is 75.5 Å². The molecule has 32 heavy (non-hydrogen) atoms. The van der Waals surface area contributed by atoms with Crippen LogP contribution in [0.15, 0.2) is 42.5 Å². The van der Waals surface area contributed by atoms with Crippen molar-refractivity contribution in [3.8, 4) is 17.2 Å². The Hall–Kier alpha value is -2.77. The summed E-state index contributed by atoms with van der Waals surface area (Å²) in [5, 5.41) is 0. The van der Waals surface area contributed by atoms with Crippen LogP contribution in [0.4, 0.5) is 0 Å². The lowest BCUT2D eigenvalue weighted by Crippen LogP contribution is -2.48. The molecule has 4 rings (SSSR count). The van der Waals surface area contributed by atoms with Crippen LogP contribution in [0.1, 0.15) is 28.8 Å². The molecule has 1 saturated heterocycles. The number of nitrogens with zero attached hydrogens (tertiary/aromatic N) is 2. The van der Waals surface area contributed by atoms with Crippen LogP contribution < -0.4 is 14.2 Å². The lowest BCUT2D eigenvalue weighted by atomic mass is 10.0. The van der Waals surface area contributed by atoms with E-state index in [-0.39, 0.29) is 18.7 Å². The number of hydrogen-bond donors (Lipinski definition) is 0. The number of ether oxygens (including phenoxy) is 4. The van der Waals surface area contributed by atoms with Crippen LogP contribution in [0.5, 0.6) is 17.2 Å². The maximum absolute atomic E-state index is 13.3. The molecule has 7 nitrogen and oxygen atoms in total. The third kappa shape index (κ3) is 5.34. The van der Waals surface area contributed by atoms with E-state index in [4.69, 9.17) is 18.9 Å². The Labute approximate surface area is 189 Å². The average molecular weight is 441 g/mol. The monoisotopic (exact) mass is 440 g/mol. The summed E-state index contributed by atoms with van der Waals surface area (Å²) in [7, 11) is 3.36. The van der Waals surface area contributed by atoms with Gasteiger partial charge in [0.25, 0.3) is 5.91 Å². The highest BCUT2D eigenvalue weighted by Gasteiger charge is 2.29. The van der Waals surface area contributed by atoms with Crippen molar-refractivity contribution in [3.05, 3.63) is 53.6 Å². The van der Waals surface area contributed by atoms with Crippen molar-refractivity contribution < 1.29 is 23.7 Å². The van der Waals surface area contributed by atoms with Gasteiger partial charge in [0, 0.05) is 44.9 Å². The normalized spacial score (nSPS) is 16.2. The summed E-state index contributed by atoms with van der Waals surface area (Å²) >= 11 is 0. The summed E-state index contributed by atoms with van der Waals surface area (Å²) in [6.07, 6.45) is 2.93. The number of benzene rings is 2. The Morgan fingerprint density at radius 3 is 2.53 bits per heavy atom. The quantitative estimate of drug-likeness (QED) is 0.597. The Morgan fingerprint density at radius 2 is 1.81 bits per heavy atom. The van der Waals surface area contributed by atoms with Crippen molar-refractivity contribution in [1.29, 1.82) is 0 Å². The van der Waals surface area contributed by atoms with Crippen molar-refractivity contribution >= 4 is 5.91 Å². The van der Waals surface area contributed by atoms with Crippen LogP contribution in [0.25, 0.3) is 0 Å². The van der Waals surface area contributed by atoms with Gasteiger partial charge >= 0.3 is 0 Å². The number of carbonyl (C=O) groups excluding carboxylic acids is 1. The number of likely N-dealkylation sites (tertiary alicyclic amines) is 1. The van der Waals surface area contributed by atoms with Crippen molar-refractivity contribution in [2.45, 2.75) is 25.3 Å². The van der Waals surface area contributed by atoms with Crippen LogP contribution in [-0.2, 0) is 11.2 Å². The van der Waals surface area contributed by atoms with Crippen LogP contribution >= 0.6 is 0 Å². The van der Waals surface area contributed by atoms with Crippen molar-refractivity contribution in [2.75, 3.05) is 53.8 Å². The van der Waals surface area contributed by atoms with E-state index in [9.17, 15) is 4.79 Å². The van der Waals surface area contributed by atoms with Gasteiger partial charge in [-0.25, -0.2) is 0 Å². The molecular formula is C25H32N2O5. The number of amides is 1. The number of fused-ring (bicyclic) bond motifs is 1. The fourth-order valence-corrected chi connectivity index (χ4v) is 4.37. The first kappa shape index (κ1) is 22.4. The highest BCUT2D eigenvalue weighted by Crippen LogP contribution is 2.33. The van der Waals surface area contributed by atoms with E-state index in [0.29, 0.717) is 30.2 Å². The molecule has 7 heteroatoms. The molecular weight excluding hydrogens is 408 g/mol. The van der Waals surface area contributed by atoms with Gasteiger partial charge in [-0.05, 0) is 55.2 Å². The van der Waals surface area contributed by atoms with Crippen molar-refractivity contribution in [2.24, 2.45) is 0 Å². The van der Waals surface area contributed by atoms with E-state index < -0.39 is 0 Å². The highest BCUT2D eigenvalue weighted by molar-refractivity contribution is 5.95. The smallest absolute Gasteiger partial charge is 0.254 e. The van der Waals surface area contributed by atoms with Crippen molar-refractivity contribution in [3.63, 3.8) is 0 Å². The molecule has 2 aliphatic heterocycles. The van der Waals surface area contributed by atoms with Crippen molar-refractivity contribution in [1.82, 2.24) is 9.80 Å². The molecule has 2 heterocycles. The number of piperidine rings is 1. The van der Waals surface area contributed by atoms with Crippen LogP contribution in [0.3, 0.4) is 0 Å². The molecule has 0 aromatic heterocycles. The molecule has 2 aromatic carbocycles. The molecule has 0 radical (unpaired) electrons. The number of carbonyl (C=O) groups is 1. The first-order chi connectivity index (χ1) is 15.7. The van der Waals surface area contributed by atoms with Gasteiger partial charge in [0.2, 0.25) is 6.79 Å². The zero-order valence-electron chi connectivity index (χ0n) is 18.9. The Bertz CT molecular complexity index is 894. The molecule has 1 fully saturated rings. The van der Waals surface area contributed by atoms with Gasteiger partial charge in [-0.15, -0.1) is 0 Å². The number of rotatable bonds is 9. The minimum absolute atomic E-state index is 0.0250. The van der Waals surface area contributed by atoms with Gasteiger partial charge in [-0.2, -0.15) is 0 Å². The minimum atomic E-state index is 0.0250. The molecule has 0 bridgehead atoms. The molecule has 1 amide bonds. The summed E-state index contributed by atoms with van der Waals surface area (Å²) in [5.74, 6) is 2.24. The third-order valence-corrected chi connectivity index (χ3v) is 6.29. The molecule has 0 saturated carbocycles. The van der Waals surface area contributed by atoms with Crippen LogP contribution in [0.2, 0.25) is 0 Å². The first-order valence-electron chi connectivity index (χ1n) is 11.2. The minimum Gasteiger partial charge on any atom is -0.497 e. The third-order valence-electron chi connectivity index (χ3n) is 6.29. The number of hydrogen-bond acceptors (Lipinski definition) is 6. The summed E-state index contributed by atoms with van der Waals surface area (Å²) < 4.78 is 21.4. The van der Waals surface area contributed by atoms with Gasteiger partial charge in [0.15, 0.2) is 11.5 Å². The molecule has 0 spiro atoms. The highest BCUT2D eigenvalue weighted by atomic mass is 16.7. The predicted molar refractivity (Wildman–Crippen MR) is 122 cm³/mol. The van der Waals surface area contributed by atoms with Gasteiger partial charge in [-0.1, -0.05) is 12.1 Å². The van der Waals surface area contributed by atoms with Gasteiger partial charge in [0.1, 0.15) is 5.75 Å². The maximum Gasteiger partial charge on any atom is 0.254 e. The fraction of sp³-hybridized carbons (Fsp3) is 0.480. The zero-order chi connectivity index (χ0) is 22.3. The molecule has 2 aromatic rings. The van der Waals surface area contributed by atoms with Gasteiger partial charge < -0.3 is 28.7 Å². The maximum atomic E-state index is 13.3. The zero-order valence-corrected chi connectivity index (χ0v) is 18.9. The molecule has 0 N–H and O–H groups in total. The van der Waals surface area contributed by atoms with E-state index >= 15 is 0 Å². The molecule has 172 valence electrons. The summed E-state index contributed by atoms with van der Waals surface area (Å²) in [6, 6.07) is 13.9. The second-order valence-corrected chi connectivity index (χ2v) is 8.23. The summed E-state index contributed by atoms with van der Waals surface area (Å²) in [6.45, 7) is 4.30. The molecule has 0 aliphatic carbocycles. The number of methoxy groups -OCH3 is 2. The predicted octanol–water partition coefficient (Wildman–Crippen LogP) is 3.22. The second kappa shape index (κ2) is 10.7. The van der Waals surface area contributed by atoms with E-state index in [0.717, 1.165) is 44.6 Å². The Morgan fingerprint density at radius 1 is 1.06 bits per heavy atom. The molecule has 0 atom stereocenters. The van der Waals surface area contributed by atoms with E-state index in [1.807, 2.05) is 29.2 Å². The summed E-state index contributed by atoms with van der Waals surface area (Å²) in [4.78, 5) is 17.8. The van der Waals surface area contributed by atoms with E-state index in [1.54, 1.807) is 20.3 Å². The topological polar surface area (TPSA) is 60.5 Å². The fourth-order valence-electron chi connectivity index (χ4n) is 4.37. The Balaban J connectivity index is 1.33. The lowest BCUT2D eigenvalue weighted by Gasteiger charge is -2.38. The largest absolute Gasteiger partial charge is 0.497 e. The van der Waals surface area contributed by atoms with Gasteiger partial charge in [0.05, 0.1) is 13.7 Å². The average Bonchev–Trinajstić information content (AvgIpc) is 3.32. The first-order valence-corrected chi connectivity index (χ1v) is 11.2. The van der Waals surface area contributed by atoms with E-state index in [2.05, 4.69) is 17.0 Å². The summed E-state index contributed by atoms with van der Waals surface area (Å²) in [5.41, 5.74) is 1.94. The van der Waals surface area contributed by atoms with E-state index in [1.165, 1.54) is 5.56 Å². The SMILES string of the molecule is COCCN(C(=O)c1ccc2c(c1)OCO2)C1CCN(CCc2ccc(OC)cc2)CC1. The Kier molecular flexibility index (Phi) is 7.50. The lowest BCUT2D eigenvalue weighted by molar-refractivity contribution is 0.0486. The second-order valence-electron chi connectivity index (χ2n) is 8.23. The molecule has 0 unspecified atom stereocenters. The molecule has 2 aliphatic rings. The van der Waals surface area contributed by atoms with Gasteiger partial charge in [-0.3, -0.25) is 4.79 Å². The van der Waals surface area contributed by atoms with Crippen LogP contribution in [0, 0.1) is 0 Å².